The predicted octanol–water partition coefficient (Wildman–Crippen LogP) is 4.30. The lowest BCUT2D eigenvalue weighted by molar-refractivity contribution is -0.116. The van der Waals surface area contributed by atoms with Crippen molar-refractivity contribution in [1.82, 2.24) is 4.90 Å². The van der Waals surface area contributed by atoms with Crippen LogP contribution in [0.4, 0.5) is 5.69 Å². The molecule has 0 saturated heterocycles. The van der Waals surface area contributed by atoms with Gasteiger partial charge in [0.15, 0.2) is 0 Å². The number of hydrogen-bond acceptors (Lipinski definition) is 2. The summed E-state index contributed by atoms with van der Waals surface area (Å²) < 4.78 is 0. The van der Waals surface area contributed by atoms with Crippen LogP contribution in [0.15, 0.2) is 54.6 Å². The minimum atomic E-state index is -0.0520. The van der Waals surface area contributed by atoms with Crippen LogP contribution in [0.3, 0.4) is 0 Å². The molecule has 1 N–H and O–H groups in total. The molecule has 0 heterocycles. The van der Waals surface area contributed by atoms with Crippen molar-refractivity contribution in [1.29, 1.82) is 0 Å². The Morgan fingerprint density at radius 3 is 2.32 bits per heavy atom. The summed E-state index contributed by atoms with van der Waals surface area (Å²) in [4.78, 5) is 26.5. The first-order chi connectivity index (χ1) is 12.0. The van der Waals surface area contributed by atoms with Gasteiger partial charge in [0.2, 0.25) is 5.91 Å². The lowest BCUT2D eigenvalue weighted by atomic mass is 9.97. The van der Waals surface area contributed by atoms with E-state index in [-0.39, 0.29) is 17.7 Å². The van der Waals surface area contributed by atoms with E-state index in [1.54, 1.807) is 23.1 Å². The molecule has 4 nitrogen and oxygen atoms in total. The molecule has 1 unspecified atom stereocenters. The Bertz CT molecular complexity index is 709. The monoisotopic (exact) mass is 338 g/mol. The SMILES string of the molecule is CCN(CC)C(=O)c1cccc(NC(=O)CC(C)c2ccccc2)c1. The van der Waals surface area contributed by atoms with Gasteiger partial charge in [0.25, 0.3) is 5.91 Å². The third kappa shape index (κ3) is 5.18. The molecule has 132 valence electrons. The predicted molar refractivity (Wildman–Crippen MR) is 102 cm³/mol. The minimum absolute atomic E-state index is 0.0150. The van der Waals surface area contributed by atoms with Crippen LogP contribution >= 0.6 is 0 Å². The number of carbonyl (C=O) groups excluding carboxylic acids is 2. The molecule has 0 fully saturated rings. The van der Waals surface area contributed by atoms with Gasteiger partial charge in [0, 0.05) is 30.8 Å². The summed E-state index contributed by atoms with van der Waals surface area (Å²) in [6.07, 6.45) is 0.401. The maximum atomic E-state index is 12.4. The number of nitrogens with one attached hydrogen (secondary N) is 1. The number of hydrogen-bond donors (Lipinski definition) is 1. The molecule has 0 aliphatic heterocycles. The Morgan fingerprint density at radius 1 is 1.00 bits per heavy atom. The largest absolute Gasteiger partial charge is 0.339 e. The first-order valence-corrected chi connectivity index (χ1v) is 8.79. The Balaban J connectivity index is 2.01. The Morgan fingerprint density at radius 2 is 1.68 bits per heavy atom. The number of amides is 2. The number of rotatable bonds is 7. The average Bonchev–Trinajstić information content (AvgIpc) is 2.63. The van der Waals surface area contributed by atoms with Crippen molar-refractivity contribution in [2.45, 2.75) is 33.1 Å². The van der Waals surface area contributed by atoms with Crippen molar-refractivity contribution in [3.8, 4) is 0 Å². The number of carbonyl (C=O) groups is 2. The van der Waals surface area contributed by atoms with Crippen molar-refractivity contribution in [3.63, 3.8) is 0 Å². The molecule has 25 heavy (non-hydrogen) atoms. The number of anilines is 1. The zero-order valence-corrected chi connectivity index (χ0v) is 15.2. The molecule has 0 spiro atoms. The molecule has 1 atom stereocenters. The molecule has 0 aliphatic carbocycles. The molecule has 4 heteroatoms. The Labute approximate surface area is 149 Å². The standard InChI is InChI=1S/C21H26N2O2/c1-4-23(5-2)21(25)18-12-9-13-19(15-18)22-20(24)14-16(3)17-10-7-6-8-11-17/h6-13,15-16H,4-5,14H2,1-3H3,(H,22,24). The van der Waals surface area contributed by atoms with Crippen molar-refractivity contribution < 1.29 is 9.59 Å². The molecule has 0 bridgehead atoms. The summed E-state index contributed by atoms with van der Waals surface area (Å²) in [6.45, 7) is 7.28. The summed E-state index contributed by atoms with van der Waals surface area (Å²) in [6, 6.07) is 17.1. The first-order valence-electron chi connectivity index (χ1n) is 8.79. The van der Waals surface area contributed by atoms with Crippen molar-refractivity contribution in [2.75, 3.05) is 18.4 Å². The fraction of sp³-hybridized carbons (Fsp3) is 0.333. The Hall–Kier alpha value is -2.62. The maximum absolute atomic E-state index is 12.4. The van der Waals surface area contributed by atoms with Gasteiger partial charge < -0.3 is 10.2 Å². The normalized spacial score (nSPS) is 11.6. The van der Waals surface area contributed by atoms with Gasteiger partial charge in [-0.15, -0.1) is 0 Å². The molecule has 2 aromatic rings. The summed E-state index contributed by atoms with van der Waals surface area (Å²) in [5, 5.41) is 2.90. The van der Waals surface area contributed by atoms with E-state index in [1.165, 1.54) is 0 Å². The van der Waals surface area contributed by atoms with Crippen LogP contribution in [0, 0.1) is 0 Å². The van der Waals surface area contributed by atoms with Crippen LogP contribution in [-0.2, 0) is 4.79 Å². The van der Waals surface area contributed by atoms with Gasteiger partial charge in [-0.3, -0.25) is 9.59 Å². The van der Waals surface area contributed by atoms with E-state index in [2.05, 4.69) is 5.32 Å². The van der Waals surface area contributed by atoms with Crippen LogP contribution in [0.1, 0.15) is 49.0 Å². The second-order valence-electron chi connectivity index (χ2n) is 6.12. The van der Waals surface area contributed by atoms with Crippen molar-refractivity contribution in [2.24, 2.45) is 0 Å². The van der Waals surface area contributed by atoms with Crippen LogP contribution in [-0.4, -0.2) is 29.8 Å². The van der Waals surface area contributed by atoms with Gasteiger partial charge in [0.1, 0.15) is 0 Å². The van der Waals surface area contributed by atoms with E-state index in [0.29, 0.717) is 30.8 Å². The van der Waals surface area contributed by atoms with Crippen LogP contribution in [0.2, 0.25) is 0 Å². The summed E-state index contributed by atoms with van der Waals surface area (Å²) in [5.74, 6) is 0.0734. The Kier molecular flexibility index (Phi) is 6.75. The van der Waals surface area contributed by atoms with E-state index in [0.717, 1.165) is 5.56 Å². The average molecular weight is 338 g/mol. The van der Waals surface area contributed by atoms with E-state index in [1.807, 2.05) is 57.2 Å². The molecule has 0 aliphatic rings. The molecular weight excluding hydrogens is 312 g/mol. The molecule has 0 saturated carbocycles. The second kappa shape index (κ2) is 9.02. The highest BCUT2D eigenvalue weighted by Gasteiger charge is 2.14. The fourth-order valence-corrected chi connectivity index (χ4v) is 2.81. The van der Waals surface area contributed by atoms with Gasteiger partial charge in [0.05, 0.1) is 0 Å². The third-order valence-corrected chi connectivity index (χ3v) is 4.30. The highest BCUT2D eigenvalue weighted by atomic mass is 16.2. The van der Waals surface area contributed by atoms with Crippen molar-refractivity contribution in [3.05, 3.63) is 65.7 Å². The molecule has 2 aromatic carbocycles. The highest BCUT2D eigenvalue weighted by Crippen LogP contribution is 2.20. The smallest absolute Gasteiger partial charge is 0.253 e. The molecule has 2 rings (SSSR count). The van der Waals surface area contributed by atoms with E-state index in [4.69, 9.17) is 0 Å². The zero-order chi connectivity index (χ0) is 18.2. The fourth-order valence-electron chi connectivity index (χ4n) is 2.81. The zero-order valence-electron chi connectivity index (χ0n) is 15.2. The van der Waals surface area contributed by atoms with Gasteiger partial charge in [-0.2, -0.15) is 0 Å². The quantitative estimate of drug-likeness (QED) is 0.818. The van der Waals surface area contributed by atoms with E-state index < -0.39 is 0 Å². The van der Waals surface area contributed by atoms with Gasteiger partial charge in [-0.05, 0) is 43.5 Å². The van der Waals surface area contributed by atoms with Gasteiger partial charge in [-0.1, -0.05) is 43.3 Å². The van der Waals surface area contributed by atoms with Gasteiger partial charge >= 0.3 is 0 Å². The van der Waals surface area contributed by atoms with Crippen molar-refractivity contribution >= 4 is 17.5 Å². The molecular formula is C21H26N2O2. The number of nitrogens with zero attached hydrogens (tertiary/aromatic N) is 1. The minimum Gasteiger partial charge on any atom is -0.339 e. The summed E-state index contributed by atoms with van der Waals surface area (Å²) in [5.41, 5.74) is 2.39. The summed E-state index contributed by atoms with van der Waals surface area (Å²) in [7, 11) is 0. The lowest BCUT2D eigenvalue weighted by Crippen LogP contribution is -2.30. The third-order valence-electron chi connectivity index (χ3n) is 4.30. The lowest BCUT2D eigenvalue weighted by Gasteiger charge is -2.19. The van der Waals surface area contributed by atoms with Crippen LogP contribution in [0.5, 0.6) is 0 Å². The maximum Gasteiger partial charge on any atom is 0.253 e. The summed E-state index contributed by atoms with van der Waals surface area (Å²) >= 11 is 0. The molecule has 2 amide bonds. The first kappa shape index (κ1) is 18.7. The van der Waals surface area contributed by atoms with E-state index in [9.17, 15) is 9.59 Å². The molecule has 0 aromatic heterocycles. The van der Waals surface area contributed by atoms with Crippen LogP contribution in [0.25, 0.3) is 0 Å². The number of benzene rings is 2. The topological polar surface area (TPSA) is 49.4 Å². The highest BCUT2D eigenvalue weighted by molar-refractivity contribution is 5.97. The van der Waals surface area contributed by atoms with Gasteiger partial charge in [-0.25, -0.2) is 0 Å². The second-order valence-corrected chi connectivity index (χ2v) is 6.12. The van der Waals surface area contributed by atoms with Crippen LogP contribution < -0.4 is 5.32 Å². The van der Waals surface area contributed by atoms with E-state index >= 15 is 0 Å². The molecule has 0 radical (unpaired) electrons.